The molecule has 0 rings (SSSR count). The van der Waals surface area contributed by atoms with E-state index in [2.05, 4.69) is 71.0 Å². The van der Waals surface area contributed by atoms with Crippen molar-refractivity contribution in [3.8, 4) is 0 Å². The lowest BCUT2D eigenvalue weighted by atomic mass is 9.83. The molecule has 15 heavy (non-hydrogen) atoms. The monoisotopic (exact) mass is 208 g/mol. The SMILES string of the molecule is C=N/C(=C\C(N=C)C(C)(C)C)C(C)(C)C. The Hall–Kier alpha value is -0.920. The third kappa shape index (κ3) is 4.41. The van der Waals surface area contributed by atoms with Crippen molar-refractivity contribution in [1.29, 1.82) is 0 Å². The lowest BCUT2D eigenvalue weighted by Gasteiger charge is -2.27. The van der Waals surface area contributed by atoms with Crippen LogP contribution in [0.3, 0.4) is 0 Å². The summed E-state index contributed by atoms with van der Waals surface area (Å²) in [5.41, 5.74) is 1.06. The minimum atomic E-state index is 0.00986. The average Bonchev–Trinajstić information content (AvgIpc) is 2.01. The van der Waals surface area contributed by atoms with E-state index in [1.165, 1.54) is 0 Å². The summed E-state index contributed by atoms with van der Waals surface area (Å²) in [7, 11) is 0. The zero-order valence-corrected chi connectivity index (χ0v) is 11.0. The molecule has 0 aromatic heterocycles. The van der Waals surface area contributed by atoms with Gasteiger partial charge in [-0.3, -0.25) is 9.98 Å². The Labute approximate surface area is 94.2 Å². The topological polar surface area (TPSA) is 24.7 Å². The first kappa shape index (κ1) is 14.1. The van der Waals surface area contributed by atoms with E-state index in [9.17, 15) is 0 Å². The summed E-state index contributed by atoms with van der Waals surface area (Å²) < 4.78 is 0. The van der Waals surface area contributed by atoms with Crippen molar-refractivity contribution in [2.75, 3.05) is 0 Å². The fourth-order valence-corrected chi connectivity index (χ4v) is 1.27. The molecule has 1 unspecified atom stereocenters. The standard InChI is InChI=1S/C13H24N2/c1-12(2,3)10(14-7)9-11(15-8)13(4,5)6/h9-10H,7-8H2,1-6H3/b11-9-. The second-order valence-corrected chi connectivity index (χ2v) is 5.95. The molecule has 0 spiro atoms. The smallest absolute Gasteiger partial charge is 0.0741 e. The summed E-state index contributed by atoms with van der Waals surface area (Å²) >= 11 is 0. The van der Waals surface area contributed by atoms with Gasteiger partial charge in [0.1, 0.15) is 0 Å². The number of hydrogen-bond acceptors (Lipinski definition) is 2. The van der Waals surface area contributed by atoms with Gasteiger partial charge >= 0.3 is 0 Å². The quantitative estimate of drug-likeness (QED) is 0.631. The summed E-state index contributed by atoms with van der Waals surface area (Å²) in [5.74, 6) is 0. The number of nitrogens with zero attached hydrogens (tertiary/aromatic N) is 2. The Balaban J connectivity index is 5.14. The van der Waals surface area contributed by atoms with Crippen molar-refractivity contribution in [2.24, 2.45) is 20.8 Å². The van der Waals surface area contributed by atoms with Gasteiger partial charge in [0.2, 0.25) is 0 Å². The van der Waals surface area contributed by atoms with Gasteiger partial charge < -0.3 is 0 Å². The van der Waals surface area contributed by atoms with Crippen LogP contribution in [0.1, 0.15) is 41.5 Å². The largest absolute Gasteiger partial charge is 0.293 e. The van der Waals surface area contributed by atoms with Gasteiger partial charge in [-0.15, -0.1) is 0 Å². The van der Waals surface area contributed by atoms with Crippen molar-refractivity contribution in [3.05, 3.63) is 11.8 Å². The molecule has 0 N–H and O–H groups in total. The molecular formula is C13H24N2. The van der Waals surface area contributed by atoms with Gasteiger partial charge in [0.05, 0.1) is 6.04 Å². The molecule has 0 aliphatic rings. The molecule has 2 nitrogen and oxygen atoms in total. The predicted octanol–water partition coefficient (Wildman–Crippen LogP) is 3.73. The molecule has 86 valence electrons. The Morgan fingerprint density at radius 3 is 1.73 bits per heavy atom. The van der Waals surface area contributed by atoms with E-state index in [1.807, 2.05) is 0 Å². The molecule has 0 fully saturated rings. The summed E-state index contributed by atoms with van der Waals surface area (Å²) in [6, 6.07) is 0.0808. The maximum absolute atomic E-state index is 4.15. The summed E-state index contributed by atoms with van der Waals surface area (Å²) in [6.45, 7) is 20.1. The van der Waals surface area contributed by atoms with Crippen LogP contribution < -0.4 is 0 Å². The van der Waals surface area contributed by atoms with Gasteiger partial charge in [-0.2, -0.15) is 0 Å². The maximum Gasteiger partial charge on any atom is 0.0741 e. The van der Waals surface area contributed by atoms with Crippen LogP contribution in [0.4, 0.5) is 0 Å². The van der Waals surface area contributed by atoms with Crippen LogP contribution in [-0.4, -0.2) is 19.5 Å². The average molecular weight is 208 g/mol. The first-order valence-corrected chi connectivity index (χ1v) is 5.27. The molecule has 0 radical (unpaired) electrons. The zero-order valence-electron chi connectivity index (χ0n) is 11.0. The van der Waals surface area contributed by atoms with Crippen LogP contribution in [0, 0.1) is 10.8 Å². The Bertz CT molecular complexity index is 261. The lowest BCUT2D eigenvalue weighted by Crippen LogP contribution is -2.23. The van der Waals surface area contributed by atoms with Gasteiger partial charge in [0.25, 0.3) is 0 Å². The summed E-state index contributed by atoms with van der Waals surface area (Å²) in [6.07, 6.45) is 2.07. The fourth-order valence-electron chi connectivity index (χ4n) is 1.27. The van der Waals surface area contributed by atoms with E-state index in [-0.39, 0.29) is 16.9 Å². The van der Waals surface area contributed by atoms with E-state index >= 15 is 0 Å². The third-order valence-corrected chi connectivity index (χ3v) is 2.34. The Morgan fingerprint density at radius 1 is 1.07 bits per heavy atom. The molecule has 0 aliphatic carbocycles. The van der Waals surface area contributed by atoms with Crippen molar-refractivity contribution in [2.45, 2.75) is 47.6 Å². The van der Waals surface area contributed by atoms with Crippen LogP contribution in [0.25, 0.3) is 0 Å². The van der Waals surface area contributed by atoms with Crippen LogP contribution in [0.2, 0.25) is 0 Å². The van der Waals surface area contributed by atoms with E-state index < -0.39 is 0 Å². The zero-order chi connectivity index (χ0) is 12.3. The Kier molecular flexibility index (Phi) is 4.44. The summed E-state index contributed by atoms with van der Waals surface area (Å²) in [4.78, 5) is 8.23. The van der Waals surface area contributed by atoms with E-state index in [4.69, 9.17) is 0 Å². The number of allylic oxidation sites excluding steroid dienone is 1. The molecule has 0 heterocycles. The molecule has 1 atom stereocenters. The van der Waals surface area contributed by atoms with Gasteiger partial charge in [-0.05, 0) is 24.9 Å². The number of rotatable bonds is 3. The lowest BCUT2D eigenvalue weighted by molar-refractivity contribution is 0.363. The second-order valence-electron chi connectivity index (χ2n) is 5.95. The minimum Gasteiger partial charge on any atom is -0.293 e. The summed E-state index contributed by atoms with van der Waals surface area (Å²) in [5, 5.41) is 0. The minimum absolute atomic E-state index is 0.00986. The van der Waals surface area contributed by atoms with Crippen molar-refractivity contribution >= 4 is 13.4 Å². The molecule has 0 amide bonds. The predicted molar refractivity (Wildman–Crippen MR) is 69.9 cm³/mol. The molecule has 0 aromatic rings. The van der Waals surface area contributed by atoms with Crippen LogP contribution in [-0.2, 0) is 0 Å². The molecule has 2 heteroatoms. The fraction of sp³-hybridized carbons (Fsp3) is 0.692. The van der Waals surface area contributed by atoms with Crippen LogP contribution >= 0.6 is 0 Å². The number of hydrogen-bond donors (Lipinski definition) is 0. The highest BCUT2D eigenvalue weighted by atomic mass is 14.8. The Morgan fingerprint density at radius 2 is 1.53 bits per heavy atom. The molecule has 0 saturated heterocycles. The van der Waals surface area contributed by atoms with Gasteiger partial charge in [0.15, 0.2) is 0 Å². The molecule has 0 aromatic carbocycles. The van der Waals surface area contributed by atoms with Crippen LogP contribution in [0.5, 0.6) is 0 Å². The molecule has 0 aliphatic heterocycles. The van der Waals surface area contributed by atoms with Gasteiger partial charge in [0, 0.05) is 11.1 Å². The first-order valence-electron chi connectivity index (χ1n) is 5.27. The van der Waals surface area contributed by atoms with Crippen molar-refractivity contribution in [3.63, 3.8) is 0 Å². The van der Waals surface area contributed by atoms with Crippen molar-refractivity contribution in [1.82, 2.24) is 0 Å². The van der Waals surface area contributed by atoms with E-state index in [1.54, 1.807) is 0 Å². The van der Waals surface area contributed by atoms with E-state index in [0.717, 1.165) is 5.70 Å². The van der Waals surface area contributed by atoms with Crippen LogP contribution in [0.15, 0.2) is 21.8 Å². The number of aliphatic imine (C=N–C) groups is 2. The third-order valence-electron chi connectivity index (χ3n) is 2.34. The normalized spacial score (nSPS) is 16.0. The highest BCUT2D eigenvalue weighted by molar-refractivity contribution is 5.33. The molecule has 0 bridgehead atoms. The van der Waals surface area contributed by atoms with Gasteiger partial charge in [-0.1, -0.05) is 41.5 Å². The van der Waals surface area contributed by atoms with E-state index in [0.29, 0.717) is 0 Å². The highest BCUT2D eigenvalue weighted by Crippen LogP contribution is 2.30. The van der Waals surface area contributed by atoms with Crippen molar-refractivity contribution < 1.29 is 0 Å². The van der Waals surface area contributed by atoms with Gasteiger partial charge in [-0.25, -0.2) is 0 Å². The first-order chi connectivity index (χ1) is 6.62. The maximum atomic E-state index is 4.15. The molecular weight excluding hydrogens is 184 g/mol. The molecule has 0 saturated carbocycles. The second kappa shape index (κ2) is 4.73. The highest BCUT2D eigenvalue weighted by Gasteiger charge is 2.24.